The summed E-state index contributed by atoms with van der Waals surface area (Å²) in [4.78, 5) is 18.9. The molecule has 0 aliphatic rings. The monoisotopic (exact) mass is 193 g/mol. The summed E-state index contributed by atoms with van der Waals surface area (Å²) < 4.78 is 0. The lowest BCUT2D eigenvalue weighted by Crippen LogP contribution is -2.20. The third-order valence-corrected chi connectivity index (χ3v) is 1.89. The van der Waals surface area contributed by atoms with E-state index in [1.807, 2.05) is 0 Å². The van der Waals surface area contributed by atoms with Gasteiger partial charge in [0.1, 0.15) is 5.82 Å². The van der Waals surface area contributed by atoms with Crippen molar-refractivity contribution in [2.24, 2.45) is 0 Å². The molecule has 0 fully saturated rings. The van der Waals surface area contributed by atoms with Crippen LogP contribution in [0.1, 0.15) is 38.1 Å². The standard InChI is InChI=1S/C10H15N3O/c1-7(2)9-4-12-10(13-5-9)6-11-8(3)14/h4-5,7H,6H2,1-3H3,(H,11,14). The van der Waals surface area contributed by atoms with Gasteiger partial charge in [-0.3, -0.25) is 4.79 Å². The van der Waals surface area contributed by atoms with Gasteiger partial charge >= 0.3 is 0 Å². The zero-order chi connectivity index (χ0) is 10.6. The van der Waals surface area contributed by atoms with Gasteiger partial charge in [0.25, 0.3) is 0 Å². The van der Waals surface area contributed by atoms with Crippen LogP contribution in [0.5, 0.6) is 0 Å². The molecule has 0 bridgehead atoms. The van der Waals surface area contributed by atoms with Crippen LogP contribution in [0, 0.1) is 0 Å². The van der Waals surface area contributed by atoms with Crippen molar-refractivity contribution >= 4 is 5.91 Å². The van der Waals surface area contributed by atoms with E-state index in [0.29, 0.717) is 18.3 Å². The molecular formula is C10H15N3O. The second kappa shape index (κ2) is 4.69. The summed E-state index contributed by atoms with van der Waals surface area (Å²) in [5.41, 5.74) is 1.11. The minimum Gasteiger partial charge on any atom is -0.349 e. The Labute approximate surface area is 83.8 Å². The highest BCUT2D eigenvalue weighted by Gasteiger charge is 2.01. The largest absolute Gasteiger partial charge is 0.349 e. The van der Waals surface area contributed by atoms with E-state index in [1.54, 1.807) is 12.4 Å². The number of carbonyl (C=O) groups is 1. The summed E-state index contributed by atoms with van der Waals surface area (Å²) in [6.07, 6.45) is 3.60. The van der Waals surface area contributed by atoms with Gasteiger partial charge < -0.3 is 5.32 Å². The van der Waals surface area contributed by atoms with E-state index in [2.05, 4.69) is 29.1 Å². The summed E-state index contributed by atoms with van der Waals surface area (Å²) >= 11 is 0. The first kappa shape index (κ1) is 10.6. The minimum atomic E-state index is -0.0680. The quantitative estimate of drug-likeness (QED) is 0.785. The summed E-state index contributed by atoms with van der Waals surface area (Å²) in [5, 5.41) is 2.65. The molecule has 0 aliphatic heterocycles. The molecule has 4 nitrogen and oxygen atoms in total. The lowest BCUT2D eigenvalue weighted by atomic mass is 10.1. The zero-order valence-corrected chi connectivity index (χ0v) is 8.74. The van der Waals surface area contributed by atoms with Gasteiger partial charge in [-0.1, -0.05) is 13.8 Å². The number of carbonyl (C=O) groups excluding carboxylic acids is 1. The zero-order valence-electron chi connectivity index (χ0n) is 8.74. The van der Waals surface area contributed by atoms with Gasteiger partial charge in [-0.05, 0) is 11.5 Å². The van der Waals surface area contributed by atoms with Crippen molar-refractivity contribution in [2.75, 3.05) is 0 Å². The molecule has 0 aromatic carbocycles. The Morgan fingerprint density at radius 3 is 2.43 bits per heavy atom. The molecule has 76 valence electrons. The first-order valence-electron chi connectivity index (χ1n) is 4.65. The predicted molar refractivity (Wildman–Crippen MR) is 53.6 cm³/mol. The summed E-state index contributed by atoms with van der Waals surface area (Å²) in [6, 6.07) is 0. The van der Waals surface area contributed by atoms with Crippen LogP contribution in [0.2, 0.25) is 0 Å². The highest BCUT2D eigenvalue weighted by atomic mass is 16.1. The fourth-order valence-corrected chi connectivity index (χ4v) is 0.958. The van der Waals surface area contributed by atoms with Crippen LogP contribution in [0.3, 0.4) is 0 Å². The van der Waals surface area contributed by atoms with E-state index in [9.17, 15) is 4.79 Å². The summed E-state index contributed by atoms with van der Waals surface area (Å²) in [6.45, 7) is 6.05. The smallest absolute Gasteiger partial charge is 0.217 e. The molecule has 4 heteroatoms. The Morgan fingerprint density at radius 1 is 1.43 bits per heavy atom. The predicted octanol–water partition coefficient (Wildman–Crippen LogP) is 1.24. The maximum atomic E-state index is 10.6. The number of aromatic nitrogens is 2. The van der Waals surface area contributed by atoms with E-state index in [1.165, 1.54) is 6.92 Å². The molecule has 14 heavy (non-hydrogen) atoms. The summed E-state index contributed by atoms with van der Waals surface area (Å²) in [5.74, 6) is 1.01. The van der Waals surface area contributed by atoms with Crippen molar-refractivity contribution in [3.8, 4) is 0 Å². The van der Waals surface area contributed by atoms with Gasteiger partial charge in [-0.2, -0.15) is 0 Å². The fraction of sp³-hybridized carbons (Fsp3) is 0.500. The van der Waals surface area contributed by atoms with Gasteiger partial charge in [-0.25, -0.2) is 9.97 Å². The minimum absolute atomic E-state index is 0.0680. The Kier molecular flexibility index (Phi) is 3.56. The van der Waals surface area contributed by atoms with Crippen LogP contribution in [0.25, 0.3) is 0 Å². The third kappa shape index (κ3) is 3.12. The number of hydrogen-bond acceptors (Lipinski definition) is 3. The van der Waals surface area contributed by atoms with Crippen molar-refractivity contribution in [2.45, 2.75) is 33.2 Å². The van der Waals surface area contributed by atoms with Crippen LogP contribution in [0.15, 0.2) is 12.4 Å². The van der Waals surface area contributed by atoms with Crippen LogP contribution >= 0.6 is 0 Å². The molecular weight excluding hydrogens is 178 g/mol. The number of nitrogens with zero attached hydrogens (tertiary/aromatic N) is 2. The second-order valence-electron chi connectivity index (χ2n) is 3.50. The van der Waals surface area contributed by atoms with Crippen molar-refractivity contribution in [3.63, 3.8) is 0 Å². The molecule has 0 atom stereocenters. The van der Waals surface area contributed by atoms with Crippen molar-refractivity contribution in [1.29, 1.82) is 0 Å². The maximum absolute atomic E-state index is 10.6. The molecule has 1 aromatic rings. The normalized spacial score (nSPS) is 10.3. The van der Waals surface area contributed by atoms with E-state index < -0.39 is 0 Å². The van der Waals surface area contributed by atoms with E-state index >= 15 is 0 Å². The highest BCUT2D eigenvalue weighted by molar-refractivity contribution is 5.72. The first-order chi connectivity index (χ1) is 6.59. The second-order valence-corrected chi connectivity index (χ2v) is 3.50. The highest BCUT2D eigenvalue weighted by Crippen LogP contribution is 2.10. The molecule has 0 saturated heterocycles. The Hall–Kier alpha value is -1.45. The number of rotatable bonds is 3. The fourth-order valence-electron chi connectivity index (χ4n) is 0.958. The molecule has 0 saturated carbocycles. The van der Waals surface area contributed by atoms with E-state index in [-0.39, 0.29) is 5.91 Å². The number of nitrogens with one attached hydrogen (secondary N) is 1. The SMILES string of the molecule is CC(=O)NCc1ncc(C(C)C)cn1. The molecule has 1 aromatic heterocycles. The van der Waals surface area contributed by atoms with Gasteiger partial charge in [0, 0.05) is 19.3 Å². The molecule has 1 N–H and O–H groups in total. The van der Waals surface area contributed by atoms with Gasteiger partial charge in [0.05, 0.1) is 6.54 Å². The van der Waals surface area contributed by atoms with Gasteiger partial charge in [0.15, 0.2) is 0 Å². The molecule has 1 heterocycles. The first-order valence-corrected chi connectivity index (χ1v) is 4.65. The molecule has 1 rings (SSSR count). The van der Waals surface area contributed by atoms with Crippen LogP contribution in [0.4, 0.5) is 0 Å². The Morgan fingerprint density at radius 2 is 2.00 bits per heavy atom. The molecule has 1 amide bonds. The van der Waals surface area contributed by atoms with E-state index in [4.69, 9.17) is 0 Å². The Bertz CT molecular complexity index is 306. The molecule has 0 aliphatic carbocycles. The van der Waals surface area contributed by atoms with Crippen LogP contribution < -0.4 is 5.32 Å². The molecule has 0 spiro atoms. The number of hydrogen-bond donors (Lipinski definition) is 1. The van der Waals surface area contributed by atoms with Crippen LogP contribution in [-0.2, 0) is 11.3 Å². The topological polar surface area (TPSA) is 54.9 Å². The third-order valence-electron chi connectivity index (χ3n) is 1.89. The average Bonchev–Trinajstić information content (AvgIpc) is 2.15. The van der Waals surface area contributed by atoms with E-state index in [0.717, 1.165) is 5.56 Å². The van der Waals surface area contributed by atoms with Crippen molar-refractivity contribution in [3.05, 3.63) is 23.8 Å². The van der Waals surface area contributed by atoms with Crippen molar-refractivity contribution < 1.29 is 4.79 Å². The maximum Gasteiger partial charge on any atom is 0.217 e. The van der Waals surface area contributed by atoms with Crippen LogP contribution in [-0.4, -0.2) is 15.9 Å². The molecule has 0 unspecified atom stereocenters. The Balaban J connectivity index is 2.59. The summed E-state index contributed by atoms with van der Waals surface area (Å²) in [7, 11) is 0. The lowest BCUT2D eigenvalue weighted by Gasteiger charge is -2.05. The molecule has 0 radical (unpaired) electrons. The average molecular weight is 193 g/mol. The van der Waals surface area contributed by atoms with Gasteiger partial charge in [0.2, 0.25) is 5.91 Å². The number of amides is 1. The van der Waals surface area contributed by atoms with Crippen molar-refractivity contribution in [1.82, 2.24) is 15.3 Å². The lowest BCUT2D eigenvalue weighted by molar-refractivity contribution is -0.119. The van der Waals surface area contributed by atoms with Gasteiger partial charge in [-0.15, -0.1) is 0 Å².